The third kappa shape index (κ3) is 6.51. The first-order valence-corrected chi connectivity index (χ1v) is 12.2. The highest BCUT2D eigenvalue weighted by molar-refractivity contribution is 7.19. The Kier molecular flexibility index (Phi) is 9.05. The van der Waals surface area contributed by atoms with Crippen molar-refractivity contribution >= 4 is 44.8 Å². The number of carbonyl (C=O) groups is 2. The molecular formula is C25H29ClO5S. The normalized spacial score (nSPS) is 22.5. The van der Waals surface area contributed by atoms with E-state index in [1.807, 2.05) is 36.4 Å². The quantitative estimate of drug-likeness (QED) is 0.307. The molecule has 7 heteroatoms. The number of aliphatic hydroxyl groups excluding tert-OH is 2. The van der Waals surface area contributed by atoms with Gasteiger partial charge in [0.15, 0.2) is 0 Å². The number of benzene rings is 1. The van der Waals surface area contributed by atoms with E-state index in [1.165, 1.54) is 0 Å². The number of carboxylic acids is 1. The maximum atomic E-state index is 12.3. The molecule has 4 atom stereocenters. The highest BCUT2D eigenvalue weighted by Crippen LogP contribution is 2.36. The van der Waals surface area contributed by atoms with E-state index < -0.39 is 18.2 Å². The van der Waals surface area contributed by atoms with Crippen molar-refractivity contribution < 1.29 is 24.9 Å². The molecule has 0 aliphatic heterocycles. The van der Waals surface area contributed by atoms with Gasteiger partial charge in [0.25, 0.3) is 0 Å². The number of Topliss-reactive ketones (excluding diaryl/α,β-unsaturated/α-hetero) is 1. The van der Waals surface area contributed by atoms with Gasteiger partial charge in [-0.25, -0.2) is 0 Å². The molecule has 1 aliphatic carbocycles. The molecule has 2 aromatic rings. The van der Waals surface area contributed by atoms with Crippen LogP contribution in [0.25, 0.3) is 10.1 Å². The average Bonchev–Trinajstić information content (AvgIpc) is 3.22. The summed E-state index contributed by atoms with van der Waals surface area (Å²) < 4.78 is 1.13. The van der Waals surface area contributed by atoms with Gasteiger partial charge in [0, 0.05) is 39.6 Å². The van der Waals surface area contributed by atoms with E-state index in [1.54, 1.807) is 23.5 Å². The first-order chi connectivity index (χ1) is 15.4. The highest BCUT2D eigenvalue weighted by Gasteiger charge is 2.39. The summed E-state index contributed by atoms with van der Waals surface area (Å²) in [7, 11) is 0. The van der Waals surface area contributed by atoms with Crippen LogP contribution in [-0.2, 0) is 16.0 Å². The average molecular weight is 477 g/mol. The van der Waals surface area contributed by atoms with Crippen molar-refractivity contribution in [1.82, 2.24) is 0 Å². The number of halogens is 1. The number of rotatable bonds is 11. The summed E-state index contributed by atoms with van der Waals surface area (Å²) in [6, 6.07) is 7.96. The molecule has 172 valence electrons. The Balaban J connectivity index is 1.53. The lowest BCUT2D eigenvalue weighted by molar-refractivity contribution is -0.137. The second-order valence-corrected chi connectivity index (χ2v) is 9.76. The van der Waals surface area contributed by atoms with Crippen LogP contribution in [0, 0.1) is 11.8 Å². The first kappa shape index (κ1) is 24.6. The van der Waals surface area contributed by atoms with E-state index in [0.717, 1.165) is 20.0 Å². The third-order valence-corrected chi connectivity index (χ3v) is 7.65. The van der Waals surface area contributed by atoms with Crippen molar-refractivity contribution in [2.24, 2.45) is 11.8 Å². The van der Waals surface area contributed by atoms with Gasteiger partial charge in [0.1, 0.15) is 5.78 Å². The number of carbonyl (C=O) groups excluding carboxylic acids is 1. The molecule has 1 saturated carbocycles. The van der Waals surface area contributed by atoms with Gasteiger partial charge in [-0.1, -0.05) is 54.1 Å². The van der Waals surface area contributed by atoms with Gasteiger partial charge in [-0.2, -0.15) is 0 Å². The lowest BCUT2D eigenvalue weighted by Crippen LogP contribution is -2.19. The minimum atomic E-state index is -0.814. The zero-order valence-corrected chi connectivity index (χ0v) is 19.4. The molecule has 0 amide bonds. The Morgan fingerprint density at radius 3 is 2.81 bits per heavy atom. The fourth-order valence-electron chi connectivity index (χ4n) is 4.12. The van der Waals surface area contributed by atoms with Gasteiger partial charge in [0.2, 0.25) is 0 Å². The molecule has 1 heterocycles. The smallest absolute Gasteiger partial charge is 0.303 e. The number of carboxylic acid groups (broad SMARTS) is 1. The summed E-state index contributed by atoms with van der Waals surface area (Å²) in [6.45, 7) is 0. The molecule has 5 nitrogen and oxygen atoms in total. The van der Waals surface area contributed by atoms with E-state index in [0.29, 0.717) is 32.1 Å². The zero-order chi connectivity index (χ0) is 23.1. The highest BCUT2D eigenvalue weighted by atomic mass is 35.5. The maximum absolute atomic E-state index is 12.3. The molecule has 0 saturated heterocycles. The minimum Gasteiger partial charge on any atom is -0.481 e. The van der Waals surface area contributed by atoms with Crippen molar-refractivity contribution in [1.29, 1.82) is 0 Å². The van der Waals surface area contributed by atoms with Crippen LogP contribution >= 0.6 is 22.9 Å². The van der Waals surface area contributed by atoms with Crippen molar-refractivity contribution in [3.05, 3.63) is 58.5 Å². The second kappa shape index (κ2) is 11.8. The van der Waals surface area contributed by atoms with Crippen LogP contribution in [0.15, 0.2) is 48.6 Å². The molecule has 3 rings (SSSR count). The summed E-state index contributed by atoms with van der Waals surface area (Å²) in [5.74, 6) is -1.44. The summed E-state index contributed by atoms with van der Waals surface area (Å²) in [4.78, 5) is 23.9. The molecular weight excluding hydrogens is 448 g/mol. The van der Waals surface area contributed by atoms with E-state index in [4.69, 9.17) is 16.7 Å². The number of hydrogen-bond donors (Lipinski definition) is 3. The van der Waals surface area contributed by atoms with Gasteiger partial charge in [-0.05, 0) is 38.2 Å². The molecule has 0 bridgehead atoms. The third-order valence-electron chi connectivity index (χ3n) is 5.88. The fourth-order valence-corrected chi connectivity index (χ4v) is 5.66. The van der Waals surface area contributed by atoms with Crippen LogP contribution < -0.4 is 0 Å². The lowest BCUT2D eigenvalue weighted by atomic mass is 9.90. The Bertz CT molecular complexity index is 995. The largest absolute Gasteiger partial charge is 0.481 e. The van der Waals surface area contributed by atoms with Gasteiger partial charge in [0.05, 0.1) is 17.2 Å². The standard InChI is InChI=1S/C25H29ClO5S/c26-25-19-8-5-6-9-22(19)32-23(25)14-12-16(27)11-13-18-17(20(28)15-21(18)29)7-3-1-2-4-10-24(30)31/h1,3,5-6,8-9,11,13,16-18,21,27,29H,2,4,7,10,12,14-15H2,(H,30,31)/b3-1-,13-11+/t16-,17-,18-,21?/m1/s1. The van der Waals surface area contributed by atoms with Crippen LogP contribution in [0.5, 0.6) is 0 Å². The zero-order valence-electron chi connectivity index (χ0n) is 17.8. The molecule has 1 aliphatic rings. The number of fused-ring (bicyclic) bond motifs is 1. The molecule has 0 radical (unpaired) electrons. The van der Waals surface area contributed by atoms with Gasteiger partial charge >= 0.3 is 5.97 Å². The predicted molar refractivity (Wildman–Crippen MR) is 128 cm³/mol. The molecule has 3 N–H and O–H groups in total. The van der Waals surface area contributed by atoms with E-state index in [9.17, 15) is 19.8 Å². The molecule has 1 unspecified atom stereocenters. The van der Waals surface area contributed by atoms with E-state index in [-0.39, 0.29) is 30.5 Å². The number of thiophene rings is 1. The topological polar surface area (TPSA) is 94.8 Å². The second-order valence-electron chi connectivity index (χ2n) is 8.24. The molecule has 32 heavy (non-hydrogen) atoms. The molecule has 1 aromatic heterocycles. The van der Waals surface area contributed by atoms with Crippen molar-refractivity contribution in [3.8, 4) is 0 Å². The van der Waals surface area contributed by atoms with Crippen LogP contribution in [0.1, 0.15) is 43.4 Å². The van der Waals surface area contributed by atoms with Crippen LogP contribution in [0.4, 0.5) is 0 Å². The van der Waals surface area contributed by atoms with Crippen molar-refractivity contribution in [2.45, 2.75) is 57.2 Å². The number of aliphatic hydroxyl groups is 2. The van der Waals surface area contributed by atoms with Crippen LogP contribution in [-0.4, -0.2) is 39.3 Å². The van der Waals surface area contributed by atoms with E-state index >= 15 is 0 Å². The summed E-state index contributed by atoms with van der Waals surface area (Å²) in [5.41, 5.74) is 0. The summed E-state index contributed by atoms with van der Waals surface area (Å²) >= 11 is 8.11. The molecule has 0 spiro atoms. The fraction of sp³-hybridized carbons (Fsp3) is 0.440. The van der Waals surface area contributed by atoms with Gasteiger partial charge in [-0.15, -0.1) is 11.3 Å². The van der Waals surface area contributed by atoms with Crippen LogP contribution in [0.3, 0.4) is 0 Å². The number of aryl methyl sites for hydroxylation is 1. The monoisotopic (exact) mass is 476 g/mol. The summed E-state index contributed by atoms with van der Waals surface area (Å²) in [6.07, 6.45) is 8.93. The Morgan fingerprint density at radius 1 is 1.28 bits per heavy atom. The van der Waals surface area contributed by atoms with Crippen molar-refractivity contribution in [2.75, 3.05) is 0 Å². The number of aliphatic carboxylic acids is 1. The lowest BCUT2D eigenvalue weighted by Gasteiger charge is -2.16. The Hall–Kier alpha value is -1.99. The summed E-state index contributed by atoms with van der Waals surface area (Å²) in [5, 5.41) is 31.2. The van der Waals surface area contributed by atoms with Crippen LogP contribution in [0.2, 0.25) is 5.02 Å². The van der Waals surface area contributed by atoms with E-state index in [2.05, 4.69) is 0 Å². The van der Waals surface area contributed by atoms with Crippen molar-refractivity contribution in [3.63, 3.8) is 0 Å². The number of allylic oxidation sites excluding steroid dienone is 2. The maximum Gasteiger partial charge on any atom is 0.303 e. The SMILES string of the molecule is O=C(O)CCC/C=C\C[C@H]1C(=O)CC(O)[C@@H]1/C=C/[C@@H](O)CCc1sc2ccccc2c1Cl. The molecule has 1 aromatic carbocycles. The number of ketones is 1. The van der Waals surface area contributed by atoms with Gasteiger partial charge in [-0.3, -0.25) is 9.59 Å². The minimum absolute atomic E-state index is 0.0221. The predicted octanol–water partition coefficient (Wildman–Crippen LogP) is 5.17. The number of unbranched alkanes of at least 4 members (excludes halogenated alkanes) is 1. The Morgan fingerprint density at radius 2 is 2.06 bits per heavy atom. The molecule has 1 fully saturated rings. The first-order valence-electron chi connectivity index (χ1n) is 11.0. The Labute approximate surface area is 197 Å². The van der Waals surface area contributed by atoms with Gasteiger partial charge < -0.3 is 15.3 Å². The number of hydrogen-bond acceptors (Lipinski definition) is 5.